The molecule has 2 unspecified atom stereocenters. The number of esters is 2. The molecular weight excluding hydrogens is 1120 g/mol. The van der Waals surface area contributed by atoms with Crippen molar-refractivity contribution in [3.63, 3.8) is 0 Å². The van der Waals surface area contributed by atoms with Crippen LogP contribution in [-0.4, -0.2) is 162 Å². The highest BCUT2D eigenvalue weighted by Crippen LogP contribution is 2.44. The molecule has 0 aromatic heterocycles. The monoisotopic (exact) mass is 1230 g/mol. The third-order valence-corrected chi connectivity index (χ3v) is 14.7. The number of alkyl carbamates (subject to hydrolysis) is 1. The number of aldehydes is 1. The first-order valence-electron chi connectivity index (χ1n) is 31.3. The van der Waals surface area contributed by atoms with E-state index in [1.807, 2.05) is 68.9 Å². The minimum Gasteiger partial charge on any atom is -0.460 e. The number of unbranched alkanes of at least 4 members (excludes halogenated alkanes) is 10. The van der Waals surface area contributed by atoms with Gasteiger partial charge in [0.1, 0.15) is 43.4 Å². The van der Waals surface area contributed by atoms with Crippen LogP contribution in [0, 0.1) is 0 Å². The predicted octanol–water partition coefficient (Wildman–Crippen LogP) is 9.21. The molecule has 2 atom stereocenters. The highest BCUT2D eigenvalue weighted by atomic mass is 32.2. The first kappa shape index (κ1) is 74.6. The van der Waals surface area contributed by atoms with Crippen LogP contribution < -0.4 is 26.6 Å². The quantitative estimate of drug-likeness (QED) is 0.0179. The zero-order chi connectivity index (χ0) is 62.7. The van der Waals surface area contributed by atoms with Crippen molar-refractivity contribution in [1.29, 1.82) is 0 Å². The number of carbonyl (C=O) groups is 8. The molecule has 21 heteroatoms. The molecule has 0 radical (unpaired) electrons. The van der Waals surface area contributed by atoms with Gasteiger partial charge in [0.15, 0.2) is 0 Å². The molecule has 1 aliphatic rings. The van der Waals surface area contributed by atoms with Crippen LogP contribution >= 0.6 is 11.8 Å². The zero-order valence-electron chi connectivity index (χ0n) is 52.5. The fourth-order valence-electron chi connectivity index (χ4n) is 9.31. The van der Waals surface area contributed by atoms with Gasteiger partial charge >= 0.3 is 18.0 Å². The number of thioether (sulfide) groups is 1. The van der Waals surface area contributed by atoms with Gasteiger partial charge in [-0.05, 0) is 140 Å². The molecule has 86 heavy (non-hydrogen) atoms. The molecule has 0 heterocycles. The van der Waals surface area contributed by atoms with Crippen LogP contribution in [0.4, 0.5) is 4.79 Å². The lowest BCUT2D eigenvalue weighted by molar-refractivity contribution is -0.159. The molecule has 1 aliphatic carbocycles. The number of hydrogen-bond donors (Lipinski definition) is 5. The average molecular weight is 1230 g/mol. The van der Waals surface area contributed by atoms with Crippen LogP contribution in [0.3, 0.4) is 0 Å². The van der Waals surface area contributed by atoms with Crippen molar-refractivity contribution < 1.29 is 71.5 Å². The largest absolute Gasteiger partial charge is 0.460 e. The van der Waals surface area contributed by atoms with Gasteiger partial charge in [0.05, 0.1) is 32.5 Å². The Morgan fingerprint density at radius 1 is 0.500 bits per heavy atom. The molecule has 484 valence electrons. The Morgan fingerprint density at radius 2 is 0.988 bits per heavy atom. The topological polar surface area (TPSA) is 261 Å². The lowest BCUT2D eigenvalue weighted by Crippen LogP contribution is -2.44. The van der Waals surface area contributed by atoms with Crippen molar-refractivity contribution in [3.05, 3.63) is 59.7 Å². The highest BCUT2D eigenvalue weighted by Gasteiger charge is 2.30. The third-order valence-electron chi connectivity index (χ3n) is 13.6. The SMILES string of the molecule is CC(C)(C)OC(=O)CCCCCCCCSCCCCCCCC(=O)NC(CCC(=O)NCCCOCCOCCOCCCNC(=O)COCC(=O)NCCCCC(C=O)NC(=O)OCC1c2ccccc2-c2ccccc21)C(=O)OC(C)(C)C. The Kier molecular flexibility index (Phi) is 38.9. The standard InChI is InChI=1S/C65H103N5O15S/c1-64(2,3)84-61(76)32-15-11-7-8-12-22-44-86-45-23-13-9-10-14-31-58(73)70-56(62(77)85-65(4,5)6)33-34-57(72)66-36-24-38-79-40-42-81-43-41-80-39-25-37-68-60(75)49-82-48-59(74)67-35-21-20-26-50(46-71)69-63(78)83-47-55-53-29-18-16-27-51(53)52-28-17-19-30-54(52)55/h16-19,27-30,46,50,55-56H,7-15,20-26,31-45,47-49H2,1-6H3,(H,66,72)(H,67,74)(H,68,75)(H,69,78)(H,70,73). The summed E-state index contributed by atoms with van der Waals surface area (Å²) in [6.07, 6.45) is 15.4. The van der Waals surface area contributed by atoms with Gasteiger partial charge in [-0.2, -0.15) is 11.8 Å². The van der Waals surface area contributed by atoms with Crippen molar-refractivity contribution in [2.75, 3.05) is 90.6 Å². The van der Waals surface area contributed by atoms with Gasteiger partial charge in [-0.3, -0.25) is 24.0 Å². The summed E-state index contributed by atoms with van der Waals surface area (Å²) < 4.78 is 38.4. The molecule has 2 aromatic carbocycles. The number of ether oxygens (including phenoxy) is 7. The van der Waals surface area contributed by atoms with Crippen LogP contribution in [-0.2, 0) is 66.7 Å². The van der Waals surface area contributed by atoms with Crippen molar-refractivity contribution in [2.24, 2.45) is 0 Å². The number of benzene rings is 2. The maximum Gasteiger partial charge on any atom is 0.407 e. The summed E-state index contributed by atoms with van der Waals surface area (Å²) >= 11 is 2.00. The molecule has 2 aromatic rings. The summed E-state index contributed by atoms with van der Waals surface area (Å²) in [5.74, 6) is 0.387. The number of rotatable bonds is 49. The van der Waals surface area contributed by atoms with E-state index in [9.17, 15) is 38.4 Å². The number of carbonyl (C=O) groups excluding carboxylic acids is 8. The van der Waals surface area contributed by atoms with Crippen LogP contribution in [0.25, 0.3) is 11.1 Å². The van der Waals surface area contributed by atoms with Crippen LogP contribution in [0.5, 0.6) is 0 Å². The summed E-state index contributed by atoms with van der Waals surface area (Å²) in [6.45, 7) is 14.0. The highest BCUT2D eigenvalue weighted by molar-refractivity contribution is 7.99. The molecule has 0 aliphatic heterocycles. The smallest absolute Gasteiger partial charge is 0.407 e. The summed E-state index contributed by atoms with van der Waals surface area (Å²) in [6, 6.07) is 14.5. The Morgan fingerprint density at radius 3 is 1.53 bits per heavy atom. The molecule has 3 rings (SSSR count). The van der Waals surface area contributed by atoms with Gasteiger partial charge in [0.25, 0.3) is 0 Å². The van der Waals surface area contributed by atoms with Gasteiger partial charge in [-0.25, -0.2) is 9.59 Å². The Hall–Kier alpha value is -5.61. The number of hydrogen-bond acceptors (Lipinski definition) is 16. The molecule has 0 spiro atoms. The van der Waals surface area contributed by atoms with E-state index >= 15 is 0 Å². The van der Waals surface area contributed by atoms with Crippen molar-refractivity contribution in [1.82, 2.24) is 26.6 Å². The first-order valence-corrected chi connectivity index (χ1v) is 32.5. The maximum absolute atomic E-state index is 13.0. The van der Waals surface area contributed by atoms with Crippen molar-refractivity contribution in [2.45, 2.75) is 199 Å². The van der Waals surface area contributed by atoms with E-state index in [0.29, 0.717) is 111 Å². The van der Waals surface area contributed by atoms with Gasteiger partial charge in [0.2, 0.25) is 23.6 Å². The second kappa shape index (κ2) is 44.8. The molecule has 0 fully saturated rings. The first-order chi connectivity index (χ1) is 41.3. The lowest BCUT2D eigenvalue weighted by atomic mass is 9.98. The molecule has 0 saturated carbocycles. The van der Waals surface area contributed by atoms with Crippen molar-refractivity contribution in [3.8, 4) is 11.1 Å². The van der Waals surface area contributed by atoms with E-state index in [0.717, 1.165) is 79.4 Å². The molecule has 0 bridgehead atoms. The summed E-state index contributed by atoms with van der Waals surface area (Å²) in [7, 11) is 0. The number of nitrogens with one attached hydrogen (secondary N) is 5. The third kappa shape index (κ3) is 36.5. The lowest BCUT2D eigenvalue weighted by Gasteiger charge is -2.24. The average Bonchev–Trinajstić information content (AvgIpc) is 1.89. The minimum atomic E-state index is -0.919. The molecule has 20 nitrogen and oxygen atoms in total. The molecular formula is C65H103N5O15S. The van der Waals surface area contributed by atoms with Crippen LogP contribution in [0.15, 0.2) is 48.5 Å². The van der Waals surface area contributed by atoms with Crippen LogP contribution in [0.1, 0.15) is 187 Å². The fourth-order valence-corrected chi connectivity index (χ4v) is 10.3. The maximum atomic E-state index is 13.0. The summed E-state index contributed by atoms with van der Waals surface area (Å²) in [4.78, 5) is 98.9. The Labute approximate surface area is 516 Å². The second-order valence-corrected chi connectivity index (χ2v) is 24.8. The van der Waals surface area contributed by atoms with E-state index in [4.69, 9.17) is 33.2 Å². The minimum absolute atomic E-state index is 0.0515. The normalized spacial score (nSPS) is 12.7. The zero-order valence-corrected chi connectivity index (χ0v) is 53.3. The van der Waals surface area contributed by atoms with Gasteiger partial charge in [0, 0.05) is 58.0 Å². The van der Waals surface area contributed by atoms with Gasteiger partial charge in [-0.1, -0.05) is 93.5 Å². The molecule has 0 saturated heterocycles. The van der Waals surface area contributed by atoms with Gasteiger partial charge < -0.3 is 64.5 Å². The van der Waals surface area contributed by atoms with Crippen molar-refractivity contribution >= 4 is 59.7 Å². The van der Waals surface area contributed by atoms with E-state index in [2.05, 4.69) is 38.7 Å². The second-order valence-electron chi connectivity index (χ2n) is 23.6. The van der Waals surface area contributed by atoms with Crippen LogP contribution in [0.2, 0.25) is 0 Å². The predicted molar refractivity (Wildman–Crippen MR) is 334 cm³/mol. The fraction of sp³-hybridized carbons (Fsp3) is 0.692. The Balaban J connectivity index is 1.07. The number of amides is 5. The summed E-state index contributed by atoms with van der Waals surface area (Å²) in [5.41, 5.74) is 3.30. The van der Waals surface area contributed by atoms with E-state index in [1.54, 1.807) is 20.8 Å². The summed E-state index contributed by atoms with van der Waals surface area (Å²) in [5, 5.41) is 13.7. The molecule has 5 N–H and O–H groups in total. The van der Waals surface area contributed by atoms with E-state index < -0.39 is 35.3 Å². The molecule has 5 amide bonds. The van der Waals surface area contributed by atoms with E-state index in [-0.39, 0.29) is 68.2 Å². The van der Waals surface area contributed by atoms with E-state index in [1.165, 1.54) is 25.0 Å². The Bertz CT molecular complexity index is 2250. The van der Waals surface area contributed by atoms with Gasteiger partial charge in [-0.15, -0.1) is 0 Å². The number of fused-ring (bicyclic) bond motifs is 3.